The van der Waals surface area contributed by atoms with Crippen LogP contribution >= 0.6 is 11.8 Å². The molecule has 0 unspecified atom stereocenters. The third kappa shape index (κ3) is 5.52. The van der Waals surface area contributed by atoms with Crippen molar-refractivity contribution < 1.29 is 9.59 Å². The lowest BCUT2D eigenvalue weighted by atomic mass is 9.96. The van der Waals surface area contributed by atoms with Gasteiger partial charge in [0.25, 0.3) is 0 Å². The van der Waals surface area contributed by atoms with Crippen molar-refractivity contribution in [3.8, 4) is 0 Å². The molecule has 4 nitrogen and oxygen atoms in total. The van der Waals surface area contributed by atoms with E-state index in [4.69, 9.17) is 11.5 Å². The van der Waals surface area contributed by atoms with Gasteiger partial charge in [0.05, 0.1) is 5.41 Å². The van der Waals surface area contributed by atoms with Crippen LogP contribution in [0.1, 0.15) is 20.3 Å². The zero-order valence-electron chi connectivity index (χ0n) is 8.00. The largest absolute Gasteiger partial charge is 0.370 e. The van der Waals surface area contributed by atoms with Crippen molar-refractivity contribution in [2.75, 3.05) is 11.5 Å². The van der Waals surface area contributed by atoms with Gasteiger partial charge in [0, 0.05) is 17.9 Å². The molecule has 4 N–H and O–H groups in total. The monoisotopic (exact) mass is 204 g/mol. The van der Waals surface area contributed by atoms with Gasteiger partial charge in [0.1, 0.15) is 0 Å². The van der Waals surface area contributed by atoms with Crippen LogP contribution in [0.5, 0.6) is 0 Å². The molecule has 0 aromatic rings. The standard InChI is InChI=1S/C8H16N2O2S/c1-8(2,7(10)12)5-13-4-3-6(9)11/h3-5H2,1-2H3,(H2,9,11)(H2,10,12). The van der Waals surface area contributed by atoms with Gasteiger partial charge >= 0.3 is 0 Å². The SMILES string of the molecule is CC(C)(CSCCC(N)=O)C(N)=O. The van der Waals surface area contributed by atoms with Crippen LogP contribution in [0.25, 0.3) is 0 Å². The lowest BCUT2D eigenvalue weighted by Gasteiger charge is -2.19. The van der Waals surface area contributed by atoms with Crippen molar-refractivity contribution in [1.29, 1.82) is 0 Å². The average Bonchev–Trinajstić information content (AvgIpc) is 1.97. The number of hydrogen-bond donors (Lipinski definition) is 2. The first-order chi connectivity index (χ1) is 5.86. The van der Waals surface area contributed by atoms with E-state index >= 15 is 0 Å². The number of carbonyl (C=O) groups excluding carboxylic acids is 2. The zero-order valence-corrected chi connectivity index (χ0v) is 8.82. The molecule has 0 rings (SSSR count). The van der Waals surface area contributed by atoms with E-state index in [1.165, 1.54) is 11.8 Å². The Morgan fingerprint density at radius 2 is 1.85 bits per heavy atom. The van der Waals surface area contributed by atoms with Crippen molar-refractivity contribution in [2.45, 2.75) is 20.3 Å². The molecule has 76 valence electrons. The first kappa shape index (κ1) is 12.3. The number of hydrogen-bond acceptors (Lipinski definition) is 3. The smallest absolute Gasteiger partial charge is 0.223 e. The summed E-state index contributed by atoms with van der Waals surface area (Å²) in [6.45, 7) is 3.57. The normalized spacial score (nSPS) is 11.2. The molecule has 0 spiro atoms. The number of primary amides is 2. The second-order valence-electron chi connectivity index (χ2n) is 3.52. The maximum absolute atomic E-state index is 10.9. The van der Waals surface area contributed by atoms with Crippen LogP contribution in [0.4, 0.5) is 0 Å². The molecule has 13 heavy (non-hydrogen) atoms. The molecular weight excluding hydrogens is 188 g/mol. The van der Waals surface area contributed by atoms with Crippen molar-refractivity contribution in [2.24, 2.45) is 16.9 Å². The quantitative estimate of drug-likeness (QED) is 0.602. The van der Waals surface area contributed by atoms with Crippen molar-refractivity contribution in [3.63, 3.8) is 0 Å². The molecule has 0 aliphatic rings. The third-order valence-electron chi connectivity index (χ3n) is 1.62. The molecule has 0 saturated carbocycles. The van der Waals surface area contributed by atoms with Crippen LogP contribution in [-0.4, -0.2) is 23.3 Å². The van der Waals surface area contributed by atoms with Gasteiger partial charge in [0.2, 0.25) is 11.8 Å². The summed E-state index contributed by atoms with van der Waals surface area (Å²) >= 11 is 1.52. The second kappa shape index (κ2) is 5.11. The first-order valence-electron chi connectivity index (χ1n) is 4.02. The molecule has 0 atom stereocenters. The van der Waals surface area contributed by atoms with E-state index in [-0.39, 0.29) is 11.8 Å². The van der Waals surface area contributed by atoms with Gasteiger partial charge in [-0.1, -0.05) is 13.8 Å². The van der Waals surface area contributed by atoms with Crippen molar-refractivity contribution in [3.05, 3.63) is 0 Å². The van der Waals surface area contributed by atoms with Gasteiger partial charge in [-0.05, 0) is 0 Å². The van der Waals surface area contributed by atoms with E-state index in [0.717, 1.165) is 0 Å². The van der Waals surface area contributed by atoms with Gasteiger partial charge in [-0.25, -0.2) is 0 Å². The number of rotatable bonds is 6. The minimum absolute atomic E-state index is 0.315. The molecule has 0 aromatic carbocycles. The molecule has 0 radical (unpaired) electrons. The minimum Gasteiger partial charge on any atom is -0.370 e. The topological polar surface area (TPSA) is 86.2 Å². The van der Waals surface area contributed by atoms with Crippen LogP contribution < -0.4 is 11.5 Å². The molecule has 0 fully saturated rings. The van der Waals surface area contributed by atoms with E-state index in [9.17, 15) is 9.59 Å². The number of thioether (sulfide) groups is 1. The second-order valence-corrected chi connectivity index (χ2v) is 4.62. The van der Waals surface area contributed by atoms with Crippen LogP contribution in [0, 0.1) is 5.41 Å². The Morgan fingerprint density at radius 1 is 1.31 bits per heavy atom. The lowest BCUT2D eigenvalue weighted by molar-refractivity contribution is -0.124. The number of amides is 2. The predicted octanol–water partition coefficient (Wildman–Crippen LogP) is 0.106. The van der Waals surface area contributed by atoms with Crippen molar-refractivity contribution >= 4 is 23.6 Å². The van der Waals surface area contributed by atoms with Crippen LogP contribution in [0.15, 0.2) is 0 Å². The van der Waals surface area contributed by atoms with Gasteiger partial charge < -0.3 is 11.5 Å². The summed E-state index contributed by atoms with van der Waals surface area (Å²) in [6, 6.07) is 0. The van der Waals surface area contributed by atoms with Crippen LogP contribution in [-0.2, 0) is 9.59 Å². The summed E-state index contributed by atoms with van der Waals surface area (Å²) in [5, 5.41) is 0. The van der Waals surface area contributed by atoms with Gasteiger partial charge in [0.15, 0.2) is 0 Å². The molecule has 5 heteroatoms. The van der Waals surface area contributed by atoms with E-state index < -0.39 is 5.41 Å². The van der Waals surface area contributed by atoms with Gasteiger partial charge in [-0.15, -0.1) is 0 Å². The molecule has 0 saturated heterocycles. The summed E-state index contributed by atoms with van der Waals surface area (Å²) < 4.78 is 0. The molecule has 0 aliphatic heterocycles. The Bertz CT molecular complexity index is 204. The predicted molar refractivity (Wildman–Crippen MR) is 54.1 cm³/mol. The Balaban J connectivity index is 3.64. The fourth-order valence-electron chi connectivity index (χ4n) is 0.571. The lowest BCUT2D eigenvalue weighted by Crippen LogP contribution is -2.33. The Labute approximate surface area is 82.4 Å². The summed E-state index contributed by atoms with van der Waals surface area (Å²) in [7, 11) is 0. The van der Waals surface area contributed by atoms with E-state index in [2.05, 4.69) is 0 Å². The van der Waals surface area contributed by atoms with E-state index in [1.807, 2.05) is 0 Å². The molecule has 2 amide bonds. The highest BCUT2D eigenvalue weighted by atomic mass is 32.2. The fourth-order valence-corrected chi connectivity index (χ4v) is 1.71. The van der Waals surface area contributed by atoms with Crippen LogP contribution in [0.2, 0.25) is 0 Å². The molecule has 0 bridgehead atoms. The van der Waals surface area contributed by atoms with E-state index in [0.29, 0.717) is 17.9 Å². The maximum atomic E-state index is 10.9. The highest BCUT2D eigenvalue weighted by Crippen LogP contribution is 2.21. The van der Waals surface area contributed by atoms with E-state index in [1.54, 1.807) is 13.8 Å². The maximum Gasteiger partial charge on any atom is 0.223 e. The minimum atomic E-state index is -0.512. The molecule has 0 aromatic heterocycles. The number of carbonyl (C=O) groups is 2. The van der Waals surface area contributed by atoms with Crippen LogP contribution in [0.3, 0.4) is 0 Å². The van der Waals surface area contributed by atoms with Crippen molar-refractivity contribution in [1.82, 2.24) is 0 Å². The van der Waals surface area contributed by atoms with Gasteiger partial charge in [-0.2, -0.15) is 11.8 Å². The number of nitrogens with two attached hydrogens (primary N) is 2. The molecule has 0 aliphatic carbocycles. The summed E-state index contributed by atoms with van der Waals surface area (Å²) in [5.74, 6) is 0.630. The van der Waals surface area contributed by atoms with Gasteiger partial charge in [-0.3, -0.25) is 9.59 Å². The first-order valence-corrected chi connectivity index (χ1v) is 5.17. The highest BCUT2D eigenvalue weighted by Gasteiger charge is 2.24. The molecule has 0 heterocycles. The summed E-state index contributed by atoms with van der Waals surface area (Å²) in [6.07, 6.45) is 0.347. The fraction of sp³-hybridized carbons (Fsp3) is 0.750. The zero-order chi connectivity index (χ0) is 10.5. The molecular formula is C8H16N2O2S. The third-order valence-corrected chi connectivity index (χ3v) is 3.04. The summed E-state index contributed by atoms with van der Waals surface area (Å²) in [5.41, 5.74) is 9.61. The average molecular weight is 204 g/mol. The Kier molecular flexibility index (Phi) is 4.83. The Hall–Kier alpha value is -0.710. The highest BCUT2D eigenvalue weighted by molar-refractivity contribution is 7.99. The summed E-state index contributed by atoms with van der Waals surface area (Å²) in [4.78, 5) is 21.2. The Morgan fingerprint density at radius 3 is 2.23 bits per heavy atom.